The van der Waals surface area contributed by atoms with Gasteiger partial charge < -0.3 is 10.6 Å². The van der Waals surface area contributed by atoms with Crippen LogP contribution in [0.3, 0.4) is 0 Å². The number of aromatic nitrogens is 1. The molecule has 1 aromatic heterocycles. The molecule has 0 radical (unpaired) electrons. The Morgan fingerprint density at radius 3 is 2.85 bits per heavy atom. The molecular weight excluding hydrogens is 260 g/mol. The first-order valence-electron chi connectivity index (χ1n) is 6.78. The molecule has 1 aliphatic rings. The molecule has 0 saturated heterocycles. The third kappa shape index (κ3) is 3.23. The van der Waals surface area contributed by atoms with Crippen LogP contribution in [0.5, 0.6) is 0 Å². The molecule has 0 unspecified atom stereocenters. The molecule has 0 aliphatic heterocycles. The lowest BCUT2D eigenvalue weighted by atomic mass is 9.85. The average molecular weight is 278 g/mol. The summed E-state index contributed by atoms with van der Waals surface area (Å²) in [5, 5.41) is 16.7. The summed E-state index contributed by atoms with van der Waals surface area (Å²) in [5.41, 5.74) is -0.210. The van der Waals surface area contributed by atoms with Crippen molar-refractivity contribution in [2.45, 2.75) is 26.2 Å². The van der Waals surface area contributed by atoms with E-state index < -0.39 is 10.8 Å². The normalized spacial score (nSPS) is 14.4. The molecule has 7 heteroatoms. The average Bonchev–Trinajstić information content (AvgIpc) is 2.36. The summed E-state index contributed by atoms with van der Waals surface area (Å²) in [6, 6.07) is 1.43. The van der Waals surface area contributed by atoms with Gasteiger partial charge in [0, 0.05) is 19.2 Å². The van der Waals surface area contributed by atoms with Crippen molar-refractivity contribution in [1.82, 2.24) is 10.3 Å². The molecule has 0 bridgehead atoms. The summed E-state index contributed by atoms with van der Waals surface area (Å²) < 4.78 is 0. The van der Waals surface area contributed by atoms with Gasteiger partial charge in [-0.3, -0.25) is 14.9 Å². The fraction of sp³-hybridized carbons (Fsp3) is 0.538. The van der Waals surface area contributed by atoms with Gasteiger partial charge in [0.15, 0.2) is 0 Å². The van der Waals surface area contributed by atoms with E-state index in [2.05, 4.69) is 15.6 Å². The lowest BCUT2D eigenvalue weighted by Crippen LogP contribution is -2.32. The summed E-state index contributed by atoms with van der Waals surface area (Å²) in [5.74, 6) is 0.560. The van der Waals surface area contributed by atoms with E-state index in [0.29, 0.717) is 24.8 Å². The highest BCUT2D eigenvalue weighted by atomic mass is 16.6. The Hall–Kier alpha value is -2.18. The predicted molar refractivity (Wildman–Crippen MR) is 74.7 cm³/mol. The van der Waals surface area contributed by atoms with Crippen molar-refractivity contribution in [2.75, 3.05) is 18.4 Å². The molecular formula is C13H18N4O3. The highest BCUT2D eigenvalue weighted by molar-refractivity contribution is 5.98. The smallest absolute Gasteiger partial charge is 0.300 e. The number of nitrogens with one attached hydrogen (secondary N) is 2. The Kier molecular flexibility index (Phi) is 4.49. The molecule has 1 saturated carbocycles. The van der Waals surface area contributed by atoms with Crippen LogP contribution in [0.1, 0.15) is 36.5 Å². The second-order valence-electron chi connectivity index (χ2n) is 4.88. The second-order valence-corrected chi connectivity index (χ2v) is 4.88. The zero-order valence-corrected chi connectivity index (χ0v) is 11.4. The largest absolute Gasteiger partial charge is 0.370 e. The minimum Gasteiger partial charge on any atom is -0.370 e. The van der Waals surface area contributed by atoms with Gasteiger partial charge in [0.25, 0.3) is 11.6 Å². The van der Waals surface area contributed by atoms with Crippen LogP contribution in [0.4, 0.5) is 11.5 Å². The molecule has 1 heterocycles. The van der Waals surface area contributed by atoms with Gasteiger partial charge in [0.1, 0.15) is 17.6 Å². The molecule has 1 aromatic rings. The third-order valence-corrected chi connectivity index (χ3v) is 3.46. The number of pyridine rings is 1. The van der Waals surface area contributed by atoms with E-state index in [1.807, 2.05) is 6.92 Å². The van der Waals surface area contributed by atoms with Crippen LogP contribution >= 0.6 is 0 Å². The zero-order chi connectivity index (χ0) is 14.5. The lowest BCUT2D eigenvalue weighted by Gasteiger charge is -2.25. The summed E-state index contributed by atoms with van der Waals surface area (Å²) >= 11 is 0. The van der Waals surface area contributed by atoms with E-state index in [4.69, 9.17) is 0 Å². The van der Waals surface area contributed by atoms with E-state index in [-0.39, 0.29) is 11.3 Å². The third-order valence-electron chi connectivity index (χ3n) is 3.46. The fourth-order valence-electron chi connectivity index (χ4n) is 2.08. The number of nitro groups is 1. The summed E-state index contributed by atoms with van der Waals surface area (Å²) in [7, 11) is 0. The number of hydrogen-bond donors (Lipinski definition) is 2. The standard InChI is InChI=1S/C13H18N4O3/c1-2-14-12-6-10(11(8-15-12)17(19)20)13(18)16-7-9-4-3-5-9/h6,8-9H,2-5,7H2,1H3,(H,14,15)(H,16,18). The Morgan fingerprint density at radius 2 is 2.30 bits per heavy atom. The molecule has 1 amide bonds. The number of nitrogens with zero attached hydrogens (tertiary/aromatic N) is 2. The van der Waals surface area contributed by atoms with Crippen molar-refractivity contribution in [3.63, 3.8) is 0 Å². The van der Waals surface area contributed by atoms with Crippen molar-refractivity contribution in [1.29, 1.82) is 0 Å². The minimum absolute atomic E-state index is 0.0558. The number of carbonyl (C=O) groups excluding carboxylic acids is 1. The maximum atomic E-state index is 12.1. The SMILES string of the molecule is CCNc1cc(C(=O)NCC2CCC2)c([N+](=O)[O-])cn1. The van der Waals surface area contributed by atoms with Crippen molar-refractivity contribution >= 4 is 17.4 Å². The van der Waals surface area contributed by atoms with Gasteiger partial charge in [-0.25, -0.2) is 4.98 Å². The quantitative estimate of drug-likeness (QED) is 0.612. The van der Waals surface area contributed by atoms with E-state index in [0.717, 1.165) is 19.0 Å². The van der Waals surface area contributed by atoms with E-state index in [1.54, 1.807) is 0 Å². The van der Waals surface area contributed by atoms with E-state index in [9.17, 15) is 14.9 Å². The minimum atomic E-state index is -0.582. The Morgan fingerprint density at radius 1 is 1.55 bits per heavy atom. The Labute approximate surface area is 116 Å². The second kappa shape index (κ2) is 6.31. The van der Waals surface area contributed by atoms with E-state index >= 15 is 0 Å². The van der Waals surface area contributed by atoms with Crippen LogP contribution < -0.4 is 10.6 Å². The Bertz CT molecular complexity index is 514. The van der Waals surface area contributed by atoms with Crippen LogP contribution in [0.15, 0.2) is 12.3 Å². The first kappa shape index (κ1) is 14.2. The summed E-state index contributed by atoms with van der Waals surface area (Å²) in [4.78, 5) is 26.4. The van der Waals surface area contributed by atoms with E-state index in [1.165, 1.54) is 12.5 Å². The molecule has 2 rings (SSSR count). The van der Waals surface area contributed by atoms with Crippen molar-refractivity contribution in [3.8, 4) is 0 Å². The molecule has 0 atom stereocenters. The number of carbonyl (C=O) groups is 1. The molecule has 7 nitrogen and oxygen atoms in total. The number of hydrogen-bond acceptors (Lipinski definition) is 5. The van der Waals surface area contributed by atoms with Gasteiger partial charge in [0.05, 0.1) is 4.92 Å². The molecule has 1 fully saturated rings. The van der Waals surface area contributed by atoms with Gasteiger partial charge in [-0.05, 0) is 25.7 Å². The topological polar surface area (TPSA) is 97.2 Å². The lowest BCUT2D eigenvalue weighted by molar-refractivity contribution is -0.385. The molecule has 1 aliphatic carbocycles. The van der Waals surface area contributed by atoms with Crippen LogP contribution in [0.2, 0.25) is 0 Å². The molecule has 108 valence electrons. The van der Waals surface area contributed by atoms with Crippen molar-refractivity contribution in [3.05, 3.63) is 27.9 Å². The van der Waals surface area contributed by atoms with Gasteiger partial charge in [-0.2, -0.15) is 0 Å². The zero-order valence-electron chi connectivity index (χ0n) is 11.4. The molecule has 2 N–H and O–H groups in total. The van der Waals surface area contributed by atoms with Crippen molar-refractivity contribution < 1.29 is 9.72 Å². The number of amides is 1. The highest BCUT2D eigenvalue weighted by Gasteiger charge is 2.23. The van der Waals surface area contributed by atoms with Gasteiger partial charge in [-0.1, -0.05) is 6.42 Å². The first-order chi connectivity index (χ1) is 9.61. The molecule has 0 aromatic carbocycles. The van der Waals surface area contributed by atoms with Crippen LogP contribution in [-0.4, -0.2) is 28.9 Å². The summed E-state index contributed by atoms with van der Waals surface area (Å²) in [6.07, 6.45) is 4.54. The van der Waals surface area contributed by atoms with Crippen LogP contribution in [0.25, 0.3) is 0 Å². The van der Waals surface area contributed by atoms with Gasteiger partial charge in [0.2, 0.25) is 0 Å². The Balaban J connectivity index is 2.14. The molecule has 0 spiro atoms. The first-order valence-corrected chi connectivity index (χ1v) is 6.78. The fourth-order valence-corrected chi connectivity index (χ4v) is 2.08. The predicted octanol–water partition coefficient (Wildman–Crippen LogP) is 1.95. The number of rotatable bonds is 6. The van der Waals surface area contributed by atoms with Gasteiger partial charge >= 0.3 is 0 Å². The highest BCUT2D eigenvalue weighted by Crippen LogP contribution is 2.26. The maximum Gasteiger partial charge on any atom is 0.300 e. The maximum absolute atomic E-state index is 12.1. The van der Waals surface area contributed by atoms with Crippen LogP contribution in [0, 0.1) is 16.0 Å². The monoisotopic (exact) mass is 278 g/mol. The summed E-state index contributed by atoms with van der Waals surface area (Å²) in [6.45, 7) is 3.10. The van der Waals surface area contributed by atoms with Gasteiger partial charge in [-0.15, -0.1) is 0 Å². The number of anilines is 1. The molecule has 20 heavy (non-hydrogen) atoms. The van der Waals surface area contributed by atoms with Crippen LogP contribution in [-0.2, 0) is 0 Å². The van der Waals surface area contributed by atoms with Crippen molar-refractivity contribution in [2.24, 2.45) is 5.92 Å².